The molecule has 0 atom stereocenters. The molecule has 0 spiro atoms. The van der Waals surface area contributed by atoms with Crippen LogP contribution in [-0.2, 0) is 51.2 Å². The molecule has 7 N–H and O–H groups in total. The predicted molar refractivity (Wildman–Crippen MR) is 261 cm³/mol. The molecule has 4 amide bonds. The maximum absolute atomic E-state index is 12.6. The number of halogens is 1. The normalized spacial score (nSPS) is 13.7. The van der Waals surface area contributed by atoms with Crippen LogP contribution in [0.2, 0.25) is 0 Å². The summed E-state index contributed by atoms with van der Waals surface area (Å²) in [7, 11) is 10.4. The first-order valence-electron chi connectivity index (χ1n) is 22.1. The van der Waals surface area contributed by atoms with Crippen molar-refractivity contribution in [1.82, 2.24) is 38.7 Å². The van der Waals surface area contributed by atoms with Gasteiger partial charge in [0.25, 0.3) is 17.7 Å². The van der Waals surface area contributed by atoms with E-state index in [1.165, 1.54) is 23.9 Å². The van der Waals surface area contributed by atoms with Crippen molar-refractivity contribution in [3.05, 3.63) is 77.4 Å². The second-order valence-electron chi connectivity index (χ2n) is 16.6. The Balaban J connectivity index is 0.000000528. The number of aryl methyl sites for hydroxylation is 3. The van der Waals surface area contributed by atoms with Crippen molar-refractivity contribution in [2.75, 3.05) is 109 Å². The first-order chi connectivity index (χ1) is 32.4. The quantitative estimate of drug-likeness (QED) is 0.0884. The number of methoxy groups -OCH3 is 2. The van der Waals surface area contributed by atoms with Gasteiger partial charge in [0.2, 0.25) is 0 Å². The van der Waals surface area contributed by atoms with Gasteiger partial charge in [-0.2, -0.15) is 0 Å². The maximum atomic E-state index is 12.6. The van der Waals surface area contributed by atoms with Gasteiger partial charge in [-0.25, -0.2) is 9.59 Å². The Morgan fingerprint density at radius 2 is 1.17 bits per heavy atom. The average molecular weight is 1210 g/mol. The molecule has 0 aromatic carbocycles. The smallest absolute Gasteiger partial charge is 0.412 e. The minimum atomic E-state index is -1.10. The molecule has 2 fully saturated rings. The van der Waals surface area contributed by atoms with Gasteiger partial charge in [0, 0.05) is 145 Å². The summed E-state index contributed by atoms with van der Waals surface area (Å²) in [5.41, 5.74) is 9.12. The molecule has 6 heterocycles. The van der Waals surface area contributed by atoms with Gasteiger partial charge in [-0.1, -0.05) is 0 Å². The van der Waals surface area contributed by atoms with Gasteiger partial charge in [-0.3, -0.25) is 29.5 Å². The van der Waals surface area contributed by atoms with Crippen molar-refractivity contribution >= 4 is 67.6 Å². The van der Waals surface area contributed by atoms with Crippen LogP contribution in [0, 0.1) is 38.0 Å². The summed E-state index contributed by atoms with van der Waals surface area (Å²) in [6, 6.07) is 6.50. The number of ether oxygens (including phenoxy) is 5. The summed E-state index contributed by atoms with van der Waals surface area (Å²) >= 11 is 0. The second kappa shape index (κ2) is 30.8. The number of carboxylic acids is 1. The van der Waals surface area contributed by atoms with Crippen LogP contribution in [0.3, 0.4) is 0 Å². The molecule has 4 aromatic heterocycles. The summed E-state index contributed by atoms with van der Waals surface area (Å²) < 4.78 is 37.5. The fourth-order valence-corrected chi connectivity index (χ4v) is 6.87. The fourth-order valence-electron chi connectivity index (χ4n) is 6.87. The van der Waals surface area contributed by atoms with Crippen LogP contribution in [0.25, 0.3) is 0 Å². The van der Waals surface area contributed by atoms with E-state index in [0.29, 0.717) is 54.0 Å². The molecule has 6 rings (SSSR count). The third-order valence-corrected chi connectivity index (χ3v) is 9.95. The van der Waals surface area contributed by atoms with Crippen LogP contribution in [0.15, 0.2) is 49.1 Å². The number of carbonyl (C=O) groups excluding carboxylic acids is 4. The molecule has 2 radical (unpaired) electrons. The molecule has 69 heavy (non-hydrogen) atoms. The van der Waals surface area contributed by atoms with E-state index in [4.69, 9.17) is 35.9 Å². The van der Waals surface area contributed by atoms with E-state index in [0.717, 1.165) is 71.3 Å². The Bertz CT molecular complexity index is 2240. The number of aromatic nitrogens is 4. The van der Waals surface area contributed by atoms with Crippen LogP contribution in [0.5, 0.6) is 0 Å². The van der Waals surface area contributed by atoms with Crippen molar-refractivity contribution in [3.8, 4) is 0 Å². The standard InChI is InChI=1S/C20H29N5O4.C12H20N4O2.C12H18N2O5.BH.ClH.U/c1-15-10-18(25(12-15)14-28-3)20(27)22-16-11-17(23(2)13-16)19(26)21-4-5-24-6-8-29-9-7-24;1-15-9-10(13)8-11(15)12(17)14-2-3-16-4-6-18-7-5-16;1-12(2,3)19-11(17)13-8-5-9(10(15)16)14(6-8)7-18-4;;;/h10-13H,4-9,14H2,1-3H3,(H,21,26)(H,22,27);8-9H,2-7,13H2,1H3,(H,14,17);5-6H,7H2,1-4H3,(H,13,17)(H,15,16);2*1H;/i;;;1T;;. The molecule has 22 nitrogen and oxygen atoms in total. The Morgan fingerprint density at radius 1 is 0.710 bits per heavy atom. The molecule has 0 unspecified atom stereocenters. The van der Waals surface area contributed by atoms with E-state index >= 15 is 0 Å². The number of carboxylic acid groups (broad SMARTS) is 1. The number of nitrogens with two attached hydrogens (primary N) is 1. The van der Waals surface area contributed by atoms with E-state index in [1.54, 1.807) is 79.2 Å². The number of amides is 4. The van der Waals surface area contributed by atoms with Crippen molar-refractivity contribution < 1.29 is 83.9 Å². The number of hydrogen-bond donors (Lipinski definition) is 6. The number of nitrogen functional groups attached to an aromatic ring is 1. The third kappa shape index (κ3) is 21.0. The van der Waals surface area contributed by atoms with E-state index in [-0.39, 0.29) is 73.7 Å². The zero-order valence-corrected chi connectivity index (χ0v) is 45.8. The first kappa shape index (κ1) is 60.4. The molecule has 0 bridgehead atoms. The second-order valence-corrected chi connectivity index (χ2v) is 16.6. The number of rotatable bonds is 16. The van der Waals surface area contributed by atoms with Gasteiger partial charge in [0.05, 0.1) is 43.5 Å². The molecule has 2 aliphatic rings. The largest absolute Gasteiger partial charge is 0.477 e. The number of nitrogens with one attached hydrogen (secondary N) is 4. The topological polar surface area (TPSA) is 252 Å². The minimum Gasteiger partial charge on any atom is -0.477 e. The molecule has 0 saturated carbocycles. The van der Waals surface area contributed by atoms with E-state index in [9.17, 15) is 24.0 Å². The van der Waals surface area contributed by atoms with Crippen LogP contribution < -0.4 is 27.0 Å². The number of nitrogens with zero attached hydrogens (tertiary/aromatic N) is 6. The van der Waals surface area contributed by atoms with Crippen LogP contribution in [-0.4, -0.2) is 171 Å². The number of carbonyl (C=O) groups is 5. The predicted octanol–water partition coefficient (Wildman–Crippen LogP) is 2.63. The van der Waals surface area contributed by atoms with Crippen LogP contribution in [0.1, 0.15) is 68.3 Å². The number of aromatic carboxylic acids is 1. The Labute approximate surface area is 436 Å². The van der Waals surface area contributed by atoms with E-state index < -0.39 is 17.7 Å². The average Bonchev–Trinajstić information content (AvgIpc) is 4.06. The molecule has 4 aromatic rings. The summed E-state index contributed by atoms with van der Waals surface area (Å²) in [5.74, 6) is -1.60. The molecule has 25 heteroatoms. The molecular weight excluding hydrogens is 1140 g/mol. The Morgan fingerprint density at radius 3 is 1.64 bits per heavy atom. The van der Waals surface area contributed by atoms with Gasteiger partial charge in [-0.15, -0.1) is 12.4 Å². The van der Waals surface area contributed by atoms with Gasteiger partial charge >= 0.3 is 12.1 Å². The Kier molecular flexibility index (Phi) is 26.9. The zero-order chi connectivity index (χ0) is 50.4. The van der Waals surface area contributed by atoms with Crippen molar-refractivity contribution in [3.63, 3.8) is 0 Å². The summed E-state index contributed by atoms with van der Waals surface area (Å²) in [4.78, 5) is 64.1. The summed E-state index contributed by atoms with van der Waals surface area (Å²) in [6.45, 7) is 17.1. The van der Waals surface area contributed by atoms with Gasteiger partial charge in [-0.05, 0) is 58.9 Å². The van der Waals surface area contributed by atoms with E-state index in [2.05, 4.69) is 39.4 Å². The molecule has 2 saturated heterocycles. The van der Waals surface area contributed by atoms with Crippen molar-refractivity contribution in [2.24, 2.45) is 14.1 Å². The maximum Gasteiger partial charge on any atom is 0.412 e. The molecule has 380 valence electrons. The van der Waals surface area contributed by atoms with Gasteiger partial charge < -0.3 is 68.7 Å². The van der Waals surface area contributed by atoms with Gasteiger partial charge in [0.15, 0.2) is 0 Å². The zero-order valence-electron chi connectivity index (χ0n) is 41.8. The van der Waals surface area contributed by atoms with Crippen LogP contribution >= 0.6 is 12.4 Å². The SMILES string of the molecule is COCn1cc(C)cc1C(=O)Nc1cc(C(=O)NCCN2CCOCC2)n(C)c1.COCn1cc(NC(=O)OC(C)(C)C)cc1C(=O)O.Cl.Cn1cc(N)cc1C(=O)NCCN1CCOCC1.[3H][B].[U]. The van der Waals surface area contributed by atoms with Crippen molar-refractivity contribution in [1.29, 1.82) is 1.34 Å². The third-order valence-electron chi connectivity index (χ3n) is 9.95. The number of morpholine rings is 2. The van der Waals surface area contributed by atoms with Crippen LogP contribution in [0.4, 0.5) is 21.9 Å². The Hall–Kier alpha value is -4.76. The van der Waals surface area contributed by atoms with E-state index in [1.807, 2.05) is 20.2 Å². The molecular formula is C44H69BClN11O11U. The first-order valence-corrected chi connectivity index (χ1v) is 21.5. The van der Waals surface area contributed by atoms with Crippen molar-refractivity contribution in [2.45, 2.75) is 46.8 Å². The monoisotopic (exact) mass is 1210 g/mol. The number of hydrogen-bond acceptors (Lipinski definition) is 13. The molecule has 2 aliphatic heterocycles. The number of anilines is 3. The minimum absolute atomic E-state index is 0. The van der Waals surface area contributed by atoms with Gasteiger partial charge in [0.1, 0.15) is 41.8 Å². The summed E-state index contributed by atoms with van der Waals surface area (Å²) in [5, 5.41) is 20.2. The summed E-state index contributed by atoms with van der Waals surface area (Å²) in [6.07, 6.45) is 6.15. The fraction of sp³-hybridized carbons (Fsp3) is 0.523. The molecule has 0 aliphatic carbocycles.